The molecule has 92 valence electrons. The molecule has 0 aliphatic carbocycles. The minimum Gasteiger partial charge on any atom is -0.382 e. The number of aromatic nitrogens is 1. The Morgan fingerprint density at radius 3 is 2.71 bits per heavy atom. The molecule has 0 aromatic carbocycles. The third-order valence-corrected chi connectivity index (χ3v) is 2.46. The largest absolute Gasteiger partial charge is 0.411 e. The van der Waals surface area contributed by atoms with Gasteiger partial charge in [-0.05, 0) is 31.3 Å². The summed E-state index contributed by atoms with van der Waals surface area (Å²) in [6, 6.07) is 3.03. The number of rotatable bonds is 2. The number of carbonyl (C=O) groups excluding carboxylic acids is 1. The Labute approximate surface area is 113 Å². The normalized spacial score (nSPS) is 9.82. The van der Waals surface area contributed by atoms with Crippen LogP contribution in [0.3, 0.4) is 0 Å². The highest BCUT2D eigenvalue weighted by Crippen LogP contribution is 2.22. The maximum Gasteiger partial charge on any atom is 0.411 e. The van der Waals surface area contributed by atoms with Crippen LogP contribution in [0.1, 0.15) is 6.92 Å². The lowest BCUT2D eigenvalue weighted by Crippen LogP contribution is -2.34. The van der Waals surface area contributed by atoms with Crippen molar-refractivity contribution in [1.82, 2.24) is 4.98 Å². The van der Waals surface area contributed by atoms with E-state index in [9.17, 15) is 4.79 Å². The van der Waals surface area contributed by atoms with Crippen LogP contribution < -0.4 is 10.6 Å². The van der Waals surface area contributed by atoms with Crippen molar-refractivity contribution in [2.24, 2.45) is 5.73 Å². The molecule has 1 aromatic heterocycles. The second-order valence-electron chi connectivity index (χ2n) is 2.90. The number of nitrogens with zero attached hydrogens (tertiary/aromatic N) is 2. The summed E-state index contributed by atoms with van der Waals surface area (Å²) in [4.78, 5) is 16.1. The molecule has 0 spiro atoms. The van der Waals surface area contributed by atoms with E-state index in [0.29, 0.717) is 17.4 Å². The highest BCUT2D eigenvalue weighted by molar-refractivity contribution is 7.80. The summed E-state index contributed by atoms with van der Waals surface area (Å²) in [5.41, 5.74) is 4.88. The predicted octanol–water partition coefficient (Wildman–Crippen LogP) is 2.59. The number of ether oxygens (including phenoxy) is 1. The number of anilines is 1. The number of hydrogen-bond donors (Lipinski definition) is 1. The number of nitrogens with two attached hydrogens (primary N) is 1. The zero-order valence-electron chi connectivity index (χ0n) is 8.81. The van der Waals surface area contributed by atoms with Gasteiger partial charge in [0.25, 0.3) is 5.17 Å². The molecule has 8 heteroatoms. The predicted molar refractivity (Wildman–Crippen MR) is 70.5 cm³/mol. The number of amides is 1. The summed E-state index contributed by atoms with van der Waals surface area (Å²) in [7, 11) is 0. The summed E-state index contributed by atoms with van der Waals surface area (Å²) in [6.07, 6.45) is -0.985. The van der Waals surface area contributed by atoms with Gasteiger partial charge < -0.3 is 10.5 Å². The highest BCUT2D eigenvalue weighted by atomic mass is 35.5. The van der Waals surface area contributed by atoms with Crippen molar-refractivity contribution in [1.29, 1.82) is 0 Å². The van der Waals surface area contributed by atoms with Gasteiger partial charge in [-0.3, -0.25) is 4.90 Å². The fraction of sp³-hybridized carbons (Fsp3) is 0.222. The van der Waals surface area contributed by atoms with Crippen molar-refractivity contribution in [2.45, 2.75) is 6.92 Å². The zero-order chi connectivity index (χ0) is 13.0. The van der Waals surface area contributed by atoms with Gasteiger partial charge >= 0.3 is 6.09 Å². The molecule has 0 radical (unpaired) electrons. The molecule has 0 saturated carbocycles. The first kappa shape index (κ1) is 14.0. The number of pyridine rings is 1. The second-order valence-corrected chi connectivity index (χ2v) is 4.07. The topological polar surface area (TPSA) is 68.5 Å². The van der Waals surface area contributed by atoms with Crippen LogP contribution in [0, 0.1) is 0 Å². The molecule has 1 rings (SSSR count). The lowest BCUT2D eigenvalue weighted by atomic mass is 10.4. The van der Waals surface area contributed by atoms with E-state index in [1.54, 1.807) is 13.0 Å². The Morgan fingerprint density at radius 1 is 1.59 bits per heavy atom. The number of hydrogen-bond acceptors (Lipinski definition) is 4. The van der Waals surface area contributed by atoms with Crippen LogP contribution in [0.5, 0.6) is 0 Å². The van der Waals surface area contributed by atoms with E-state index in [1.165, 1.54) is 11.0 Å². The number of halogens is 2. The van der Waals surface area contributed by atoms with Crippen molar-refractivity contribution in [2.75, 3.05) is 11.4 Å². The molecule has 1 aromatic rings. The molecule has 0 bridgehead atoms. The van der Waals surface area contributed by atoms with E-state index in [4.69, 9.17) is 41.2 Å². The van der Waals surface area contributed by atoms with Gasteiger partial charge in [0.15, 0.2) is 0 Å². The Hall–Kier alpha value is -1.11. The Balaban J connectivity index is 3.00. The molecule has 0 aliphatic rings. The molecule has 5 nitrogen and oxygen atoms in total. The first-order chi connectivity index (χ1) is 7.93. The smallest absolute Gasteiger partial charge is 0.382 e. The van der Waals surface area contributed by atoms with Crippen molar-refractivity contribution < 1.29 is 9.53 Å². The highest BCUT2D eigenvalue weighted by Gasteiger charge is 2.16. The maximum atomic E-state index is 10.6. The van der Waals surface area contributed by atoms with Crippen LogP contribution in [-0.4, -0.2) is 22.8 Å². The van der Waals surface area contributed by atoms with E-state index in [1.807, 2.05) is 0 Å². The molecular weight excluding hydrogens is 285 g/mol. The van der Waals surface area contributed by atoms with Gasteiger partial charge in [0, 0.05) is 11.6 Å². The standard InChI is InChI=1S/C9H9Cl2N3O2S/c1-2-14(9(17)16-8(12)15)7-4-5(10)3-6(11)13-7/h3-4H,2H2,1H3,(H2,12,15). The van der Waals surface area contributed by atoms with Gasteiger partial charge in [-0.15, -0.1) is 0 Å². The SMILES string of the molecule is CCN(C(=S)OC(N)=O)c1cc(Cl)cc(Cl)n1. The van der Waals surface area contributed by atoms with Gasteiger partial charge in [-0.2, -0.15) is 0 Å². The van der Waals surface area contributed by atoms with E-state index in [2.05, 4.69) is 9.72 Å². The lowest BCUT2D eigenvalue weighted by Gasteiger charge is -2.21. The maximum absolute atomic E-state index is 10.6. The van der Waals surface area contributed by atoms with Gasteiger partial charge in [0.2, 0.25) is 0 Å². The van der Waals surface area contributed by atoms with Crippen molar-refractivity contribution >= 4 is 52.5 Å². The molecule has 2 N–H and O–H groups in total. The van der Waals surface area contributed by atoms with Crippen molar-refractivity contribution in [3.63, 3.8) is 0 Å². The average molecular weight is 294 g/mol. The van der Waals surface area contributed by atoms with E-state index < -0.39 is 6.09 Å². The second kappa shape index (κ2) is 6.00. The summed E-state index contributed by atoms with van der Waals surface area (Å²) in [5.74, 6) is 0.385. The Bertz CT molecular complexity index is 436. The third-order valence-electron chi connectivity index (χ3n) is 1.75. The van der Waals surface area contributed by atoms with Crippen LogP contribution in [0.2, 0.25) is 10.2 Å². The van der Waals surface area contributed by atoms with E-state index >= 15 is 0 Å². The molecular formula is C9H9Cl2N3O2S. The Kier molecular flexibility index (Phi) is 4.92. The zero-order valence-corrected chi connectivity index (χ0v) is 11.1. The lowest BCUT2D eigenvalue weighted by molar-refractivity contribution is 0.208. The monoisotopic (exact) mass is 293 g/mol. The van der Waals surface area contributed by atoms with Crippen LogP contribution in [-0.2, 0) is 4.74 Å². The molecule has 17 heavy (non-hydrogen) atoms. The quantitative estimate of drug-likeness (QED) is 0.670. The van der Waals surface area contributed by atoms with Gasteiger partial charge in [-0.25, -0.2) is 9.78 Å². The number of thiocarbonyl (C=S) groups is 1. The fourth-order valence-electron chi connectivity index (χ4n) is 1.12. The van der Waals surface area contributed by atoms with Crippen molar-refractivity contribution in [3.8, 4) is 0 Å². The molecule has 0 saturated heterocycles. The summed E-state index contributed by atoms with van der Waals surface area (Å²) in [6.45, 7) is 2.23. The first-order valence-corrected chi connectivity index (χ1v) is 5.72. The minimum atomic E-state index is -0.985. The van der Waals surface area contributed by atoms with Crippen LogP contribution in [0.15, 0.2) is 12.1 Å². The summed E-state index contributed by atoms with van der Waals surface area (Å²) in [5, 5.41) is 0.513. The minimum absolute atomic E-state index is 0.106. The number of carbonyl (C=O) groups is 1. The molecule has 0 aliphatic heterocycles. The molecule has 0 atom stereocenters. The molecule has 0 fully saturated rings. The molecule has 0 unspecified atom stereocenters. The van der Waals surface area contributed by atoms with E-state index in [-0.39, 0.29) is 10.3 Å². The van der Waals surface area contributed by atoms with Crippen LogP contribution in [0.25, 0.3) is 0 Å². The fourth-order valence-corrected chi connectivity index (χ4v) is 1.88. The molecule has 1 amide bonds. The van der Waals surface area contributed by atoms with Gasteiger partial charge in [0.1, 0.15) is 11.0 Å². The van der Waals surface area contributed by atoms with Crippen LogP contribution in [0.4, 0.5) is 10.6 Å². The molecule has 1 heterocycles. The first-order valence-electron chi connectivity index (χ1n) is 4.56. The van der Waals surface area contributed by atoms with Gasteiger partial charge in [-0.1, -0.05) is 23.2 Å². The van der Waals surface area contributed by atoms with Gasteiger partial charge in [0.05, 0.1) is 0 Å². The average Bonchev–Trinajstić information content (AvgIpc) is 2.15. The number of primary amides is 1. The summed E-state index contributed by atoms with van der Waals surface area (Å²) < 4.78 is 4.61. The van der Waals surface area contributed by atoms with Crippen LogP contribution >= 0.6 is 35.4 Å². The van der Waals surface area contributed by atoms with Crippen molar-refractivity contribution in [3.05, 3.63) is 22.3 Å². The summed E-state index contributed by atoms with van der Waals surface area (Å²) >= 11 is 16.5. The Morgan fingerprint density at radius 2 is 2.24 bits per heavy atom. The van der Waals surface area contributed by atoms with E-state index in [0.717, 1.165) is 0 Å². The third kappa shape index (κ3) is 3.99.